The van der Waals surface area contributed by atoms with Crippen LogP contribution >= 0.6 is 0 Å². The van der Waals surface area contributed by atoms with E-state index in [9.17, 15) is 4.79 Å². The van der Waals surface area contributed by atoms with Crippen LogP contribution in [0.2, 0.25) is 0 Å². The lowest BCUT2D eigenvalue weighted by Crippen LogP contribution is -2.49. The van der Waals surface area contributed by atoms with E-state index in [0.29, 0.717) is 37.6 Å². The van der Waals surface area contributed by atoms with Crippen molar-refractivity contribution in [2.45, 2.75) is 27.7 Å². The highest BCUT2D eigenvalue weighted by Crippen LogP contribution is 2.21. The Hall–Kier alpha value is -4.01. The molecule has 1 aliphatic rings. The number of aromatic nitrogens is 6. The molecule has 0 atom stereocenters. The zero-order valence-electron chi connectivity index (χ0n) is 19.9. The number of carbonyl (C=O) groups is 1. The largest absolute Gasteiger partial charge is 0.353 e. The number of anilines is 1. The molecule has 9 nitrogen and oxygen atoms in total. The summed E-state index contributed by atoms with van der Waals surface area (Å²) in [6, 6.07) is 13.9. The number of aryl methyl sites for hydroxylation is 3. The summed E-state index contributed by atoms with van der Waals surface area (Å²) in [4.78, 5) is 26.6. The molecule has 1 aliphatic heterocycles. The smallest absolute Gasteiger partial charge is 0.257 e. The van der Waals surface area contributed by atoms with Gasteiger partial charge in [-0.3, -0.25) is 4.79 Å². The van der Waals surface area contributed by atoms with Gasteiger partial charge in [-0.05, 0) is 45.9 Å². The lowest BCUT2D eigenvalue weighted by Gasteiger charge is -2.35. The lowest BCUT2D eigenvalue weighted by atomic mass is 10.2. The second-order valence-corrected chi connectivity index (χ2v) is 8.64. The molecule has 0 radical (unpaired) electrons. The molecule has 1 saturated heterocycles. The highest BCUT2D eigenvalue weighted by Gasteiger charge is 2.26. The van der Waals surface area contributed by atoms with Gasteiger partial charge in [-0.25, -0.2) is 19.3 Å². The summed E-state index contributed by atoms with van der Waals surface area (Å²) >= 11 is 0. The van der Waals surface area contributed by atoms with Gasteiger partial charge in [0, 0.05) is 37.9 Å². The van der Waals surface area contributed by atoms with Gasteiger partial charge in [-0.15, -0.1) is 0 Å². The van der Waals surface area contributed by atoms with E-state index in [0.717, 1.165) is 34.4 Å². The topological polar surface area (TPSA) is 85.0 Å². The monoisotopic (exact) mass is 456 g/mol. The number of benzene rings is 1. The third kappa shape index (κ3) is 4.05. The van der Waals surface area contributed by atoms with E-state index in [1.807, 2.05) is 84.4 Å². The molecule has 1 fully saturated rings. The quantitative estimate of drug-likeness (QED) is 0.469. The highest BCUT2D eigenvalue weighted by atomic mass is 16.2. The predicted molar refractivity (Wildman–Crippen MR) is 130 cm³/mol. The van der Waals surface area contributed by atoms with Gasteiger partial charge in [0.15, 0.2) is 5.82 Å². The molecule has 1 aromatic carbocycles. The van der Waals surface area contributed by atoms with Crippen molar-refractivity contribution in [3.63, 3.8) is 0 Å². The first-order chi connectivity index (χ1) is 16.4. The van der Waals surface area contributed by atoms with Gasteiger partial charge in [-0.2, -0.15) is 10.2 Å². The number of piperazine rings is 1. The highest BCUT2D eigenvalue weighted by molar-refractivity contribution is 5.95. The third-order valence-electron chi connectivity index (χ3n) is 6.17. The molecule has 0 saturated carbocycles. The molecule has 0 spiro atoms. The molecule has 4 heterocycles. The van der Waals surface area contributed by atoms with E-state index in [4.69, 9.17) is 0 Å². The molecule has 9 heteroatoms. The fourth-order valence-electron chi connectivity index (χ4n) is 4.43. The molecule has 3 aromatic heterocycles. The zero-order chi connectivity index (χ0) is 23.8. The van der Waals surface area contributed by atoms with Crippen molar-refractivity contribution in [2.24, 2.45) is 0 Å². The second kappa shape index (κ2) is 8.74. The third-order valence-corrected chi connectivity index (χ3v) is 6.17. The maximum absolute atomic E-state index is 13.3. The average Bonchev–Trinajstić information content (AvgIpc) is 3.39. The van der Waals surface area contributed by atoms with Gasteiger partial charge in [0.05, 0.1) is 28.8 Å². The summed E-state index contributed by atoms with van der Waals surface area (Å²) in [6.07, 6.45) is 1.67. The van der Waals surface area contributed by atoms with Gasteiger partial charge in [-0.1, -0.05) is 18.2 Å². The standard InChI is InChI=1S/C25H28N8O/c1-17-14-18(2)32(29-17)24-15-23(27-20(4)28-24)30-10-12-31(13-11-30)25(34)22-16-26-33(19(22)3)21-8-6-5-7-9-21/h5-9,14-16H,10-13H2,1-4H3. The van der Waals surface area contributed by atoms with Crippen LogP contribution in [0.5, 0.6) is 0 Å². The first-order valence-electron chi connectivity index (χ1n) is 11.4. The van der Waals surface area contributed by atoms with Crippen LogP contribution in [-0.2, 0) is 0 Å². The zero-order valence-corrected chi connectivity index (χ0v) is 19.9. The number of hydrogen-bond donors (Lipinski definition) is 0. The fourth-order valence-corrected chi connectivity index (χ4v) is 4.43. The Morgan fingerprint density at radius 3 is 2.24 bits per heavy atom. The van der Waals surface area contributed by atoms with Crippen LogP contribution in [0.4, 0.5) is 5.82 Å². The Labute approximate surface area is 198 Å². The lowest BCUT2D eigenvalue weighted by molar-refractivity contribution is 0.0745. The van der Waals surface area contributed by atoms with Crippen molar-refractivity contribution < 1.29 is 4.79 Å². The summed E-state index contributed by atoms with van der Waals surface area (Å²) in [7, 11) is 0. The van der Waals surface area contributed by atoms with Crippen molar-refractivity contribution in [1.29, 1.82) is 0 Å². The van der Waals surface area contributed by atoms with Crippen LogP contribution in [0.1, 0.15) is 33.3 Å². The van der Waals surface area contributed by atoms with Crippen LogP contribution in [0.3, 0.4) is 0 Å². The minimum atomic E-state index is 0.0153. The van der Waals surface area contributed by atoms with Crippen LogP contribution in [0, 0.1) is 27.7 Å². The Kier molecular flexibility index (Phi) is 5.61. The maximum Gasteiger partial charge on any atom is 0.257 e. The van der Waals surface area contributed by atoms with Crippen LogP contribution in [0.15, 0.2) is 48.7 Å². The Morgan fingerprint density at radius 2 is 1.56 bits per heavy atom. The Bertz CT molecular complexity index is 1330. The number of hydrogen-bond acceptors (Lipinski definition) is 6. The van der Waals surface area contributed by atoms with Crippen LogP contribution in [-0.4, -0.2) is 66.5 Å². The van der Waals surface area contributed by atoms with Crippen LogP contribution in [0.25, 0.3) is 11.5 Å². The minimum absolute atomic E-state index is 0.0153. The summed E-state index contributed by atoms with van der Waals surface area (Å²) in [5.74, 6) is 2.33. The first kappa shape index (κ1) is 21.8. The fraction of sp³-hybridized carbons (Fsp3) is 0.320. The van der Waals surface area contributed by atoms with E-state index in [1.165, 1.54) is 0 Å². The number of rotatable bonds is 4. The molecule has 1 amide bonds. The van der Waals surface area contributed by atoms with Crippen LogP contribution < -0.4 is 4.90 Å². The number of nitrogens with zero attached hydrogens (tertiary/aromatic N) is 8. The summed E-state index contributed by atoms with van der Waals surface area (Å²) in [6.45, 7) is 10.5. The maximum atomic E-state index is 13.3. The number of amides is 1. The molecule has 0 aliphatic carbocycles. The van der Waals surface area contributed by atoms with Crippen molar-refractivity contribution >= 4 is 11.7 Å². The van der Waals surface area contributed by atoms with E-state index in [1.54, 1.807) is 6.20 Å². The molecule has 5 rings (SSSR count). The first-order valence-corrected chi connectivity index (χ1v) is 11.4. The molecular weight excluding hydrogens is 428 g/mol. The molecule has 0 bridgehead atoms. The average molecular weight is 457 g/mol. The van der Waals surface area contributed by atoms with E-state index in [2.05, 4.69) is 25.1 Å². The van der Waals surface area contributed by atoms with Gasteiger partial charge < -0.3 is 9.80 Å². The Morgan fingerprint density at radius 1 is 0.853 bits per heavy atom. The second-order valence-electron chi connectivity index (χ2n) is 8.64. The van der Waals surface area contributed by atoms with E-state index < -0.39 is 0 Å². The Balaban J connectivity index is 1.31. The molecule has 0 N–H and O–H groups in total. The summed E-state index contributed by atoms with van der Waals surface area (Å²) < 4.78 is 3.66. The minimum Gasteiger partial charge on any atom is -0.353 e. The van der Waals surface area contributed by atoms with Crippen molar-refractivity contribution in [2.75, 3.05) is 31.1 Å². The summed E-state index contributed by atoms with van der Waals surface area (Å²) in [5.41, 5.74) is 4.42. The van der Waals surface area contributed by atoms with Crippen molar-refractivity contribution in [3.05, 3.63) is 77.1 Å². The molecule has 0 unspecified atom stereocenters. The molecule has 174 valence electrons. The summed E-state index contributed by atoms with van der Waals surface area (Å²) in [5, 5.41) is 9.01. The SMILES string of the molecule is Cc1cc(C)n(-c2cc(N3CCN(C(=O)c4cnn(-c5ccccc5)c4C)CC3)nc(C)n2)n1. The molecule has 4 aromatic rings. The van der Waals surface area contributed by atoms with Gasteiger partial charge in [0.2, 0.25) is 0 Å². The predicted octanol–water partition coefficient (Wildman–Crippen LogP) is 3.04. The molecule has 34 heavy (non-hydrogen) atoms. The van der Waals surface area contributed by atoms with Crippen molar-refractivity contribution in [1.82, 2.24) is 34.4 Å². The number of carbonyl (C=O) groups excluding carboxylic acids is 1. The van der Waals surface area contributed by atoms with Gasteiger partial charge >= 0.3 is 0 Å². The molecular formula is C25H28N8O. The van der Waals surface area contributed by atoms with E-state index >= 15 is 0 Å². The van der Waals surface area contributed by atoms with Crippen molar-refractivity contribution in [3.8, 4) is 11.5 Å². The normalized spacial score (nSPS) is 14.0. The van der Waals surface area contributed by atoms with Gasteiger partial charge in [0.1, 0.15) is 11.6 Å². The van der Waals surface area contributed by atoms with E-state index in [-0.39, 0.29) is 5.91 Å². The van der Waals surface area contributed by atoms with Gasteiger partial charge in [0.25, 0.3) is 5.91 Å². The number of para-hydroxylation sites is 1.